The second-order valence-electron chi connectivity index (χ2n) is 13.1. The minimum Gasteiger partial charge on any atom is -0.460 e. The van der Waals surface area contributed by atoms with E-state index in [4.69, 9.17) is 42.6 Å². The van der Waals surface area contributed by atoms with Gasteiger partial charge in [-0.25, -0.2) is 4.79 Å². The molecule has 1 rings (SSSR count). The van der Waals surface area contributed by atoms with Gasteiger partial charge >= 0.3 is 5.97 Å². The summed E-state index contributed by atoms with van der Waals surface area (Å²) < 4.78 is 49.5. The quantitative estimate of drug-likeness (QED) is 0.0514. The molecule has 53 heavy (non-hydrogen) atoms. The van der Waals surface area contributed by atoms with Gasteiger partial charge in [0, 0.05) is 18.8 Å². The summed E-state index contributed by atoms with van der Waals surface area (Å²) in [6, 6.07) is 7.32. The molecule has 0 spiro atoms. The number of carbonyl (C=O) groups excluding carboxylic acids is 1. The van der Waals surface area contributed by atoms with Crippen molar-refractivity contribution in [1.82, 2.24) is 0 Å². The van der Waals surface area contributed by atoms with Crippen LogP contribution in [0.15, 0.2) is 24.3 Å². The van der Waals surface area contributed by atoms with Gasteiger partial charge in [0.15, 0.2) is 0 Å². The topological polar surface area (TPSA) is 112 Å². The van der Waals surface area contributed by atoms with Gasteiger partial charge in [-0.1, -0.05) is 97.3 Å². The van der Waals surface area contributed by atoms with Crippen LogP contribution in [0.2, 0.25) is 0 Å². The zero-order valence-corrected chi connectivity index (χ0v) is 33.7. The van der Waals surface area contributed by atoms with Crippen LogP contribution in [0, 0.1) is 0 Å². The van der Waals surface area contributed by atoms with Crippen molar-refractivity contribution < 1.29 is 47.4 Å². The molecule has 0 aromatic heterocycles. The van der Waals surface area contributed by atoms with Crippen molar-refractivity contribution in [3.63, 3.8) is 0 Å². The Bertz CT molecular complexity index is 876. The number of carbonyl (C=O) groups is 1. The van der Waals surface area contributed by atoms with E-state index < -0.39 is 0 Å². The van der Waals surface area contributed by atoms with Crippen LogP contribution in [0.25, 0.3) is 0 Å². The van der Waals surface area contributed by atoms with E-state index in [1.165, 1.54) is 77.0 Å². The molecule has 1 aromatic rings. The summed E-state index contributed by atoms with van der Waals surface area (Å²) in [5.41, 5.74) is 1.53. The summed E-state index contributed by atoms with van der Waals surface area (Å²) in [7, 11) is 0. The molecule has 0 fully saturated rings. The lowest BCUT2D eigenvalue weighted by Gasteiger charge is -2.09. The van der Waals surface area contributed by atoms with Crippen molar-refractivity contribution in [1.29, 1.82) is 0 Å². The molecule has 1 N–H and O–H groups in total. The van der Waals surface area contributed by atoms with Crippen molar-refractivity contribution in [3.8, 4) is 0 Å². The molecule has 0 amide bonds. The highest BCUT2D eigenvalue weighted by Crippen LogP contribution is 2.13. The van der Waals surface area contributed by atoms with E-state index in [1.54, 1.807) is 12.1 Å². The molecule has 11 heteroatoms. The number of anilines is 1. The Morgan fingerprint density at radius 1 is 0.396 bits per heavy atom. The van der Waals surface area contributed by atoms with Gasteiger partial charge in [0.1, 0.15) is 6.61 Å². The van der Waals surface area contributed by atoms with E-state index in [-0.39, 0.29) is 12.6 Å². The van der Waals surface area contributed by atoms with Crippen molar-refractivity contribution in [2.24, 2.45) is 0 Å². The van der Waals surface area contributed by atoms with E-state index in [0.717, 1.165) is 38.1 Å². The first-order valence-electron chi connectivity index (χ1n) is 20.9. The van der Waals surface area contributed by atoms with E-state index >= 15 is 0 Å². The third kappa shape index (κ3) is 35.6. The molecule has 0 aliphatic carbocycles. The number of rotatable bonds is 43. The monoisotopic (exact) mass is 756 g/mol. The third-order valence-electron chi connectivity index (χ3n) is 8.44. The van der Waals surface area contributed by atoms with E-state index in [9.17, 15) is 4.79 Å². The molecule has 0 atom stereocenters. The average molecular weight is 756 g/mol. The number of unbranched alkanes of at least 4 members (excludes halogenated alkanes) is 13. The number of hydrogen-bond acceptors (Lipinski definition) is 11. The number of benzene rings is 1. The van der Waals surface area contributed by atoms with Crippen molar-refractivity contribution >= 4 is 11.7 Å². The van der Waals surface area contributed by atoms with Gasteiger partial charge in [-0.3, -0.25) is 0 Å². The van der Waals surface area contributed by atoms with Gasteiger partial charge in [0.25, 0.3) is 0 Å². The van der Waals surface area contributed by atoms with E-state index in [1.807, 2.05) is 12.1 Å². The van der Waals surface area contributed by atoms with Crippen LogP contribution < -0.4 is 5.32 Å². The molecule has 0 radical (unpaired) electrons. The Morgan fingerprint density at radius 2 is 0.717 bits per heavy atom. The molecule has 1 aromatic carbocycles. The fraction of sp³-hybridized carbons (Fsp3) is 0.833. The first-order chi connectivity index (χ1) is 26.3. The fourth-order valence-corrected chi connectivity index (χ4v) is 5.27. The van der Waals surface area contributed by atoms with Crippen LogP contribution in [0.1, 0.15) is 121 Å². The first kappa shape index (κ1) is 49.2. The molecule has 0 aliphatic heterocycles. The molecular formula is C42H77NO10. The van der Waals surface area contributed by atoms with E-state index in [0.29, 0.717) is 105 Å². The highest BCUT2D eigenvalue weighted by atomic mass is 16.6. The Hall–Kier alpha value is -1.83. The molecular weight excluding hydrogens is 678 g/mol. The molecule has 310 valence electrons. The average Bonchev–Trinajstić information content (AvgIpc) is 3.17. The Morgan fingerprint density at radius 3 is 1.09 bits per heavy atom. The molecule has 0 saturated heterocycles. The molecule has 11 nitrogen and oxygen atoms in total. The minimum absolute atomic E-state index is 0.197. The molecule has 0 heterocycles. The molecule has 0 unspecified atom stereocenters. The highest BCUT2D eigenvalue weighted by molar-refractivity contribution is 5.89. The maximum absolute atomic E-state index is 12.1. The van der Waals surface area contributed by atoms with Gasteiger partial charge < -0.3 is 47.9 Å². The van der Waals surface area contributed by atoms with Crippen LogP contribution in [0.3, 0.4) is 0 Å². The standard InChI is InChI=1S/C42H77NO10/c1-3-5-7-8-9-10-11-12-13-14-15-16-17-23-45-24-25-46-26-27-47-28-29-48-30-31-49-32-33-50-34-35-51-36-37-52-38-39-53-42(44)40-18-20-41(21-19-40)43-22-6-4-2/h18-21,43H,3-17,22-39H2,1-2H3. The van der Waals surface area contributed by atoms with Crippen molar-refractivity contribution in [2.45, 2.75) is 110 Å². The Kier molecular flexibility index (Phi) is 38.4. The summed E-state index contributed by atoms with van der Waals surface area (Å²) in [5.74, 6) is -0.354. The van der Waals surface area contributed by atoms with Gasteiger partial charge in [0.2, 0.25) is 0 Å². The first-order valence-corrected chi connectivity index (χ1v) is 20.9. The summed E-state index contributed by atoms with van der Waals surface area (Å²) in [6.45, 7) is 14.0. The second kappa shape index (κ2) is 41.3. The lowest BCUT2D eigenvalue weighted by atomic mass is 10.0. The molecule has 0 aliphatic rings. The summed E-state index contributed by atoms with van der Waals surface area (Å²) in [6.07, 6.45) is 20.0. The lowest BCUT2D eigenvalue weighted by molar-refractivity contribution is -0.0244. The summed E-state index contributed by atoms with van der Waals surface area (Å²) in [4.78, 5) is 12.1. The predicted octanol–water partition coefficient (Wildman–Crippen LogP) is 8.28. The van der Waals surface area contributed by atoms with Gasteiger partial charge in [0.05, 0.1) is 105 Å². The van der Waals surface area contributed by atoms with Crippen LogP contribution in [0.5, 0.6) is 0 Å². The second-order valence-corrected chi connectivity index (χ2v) is 13.1. The normalized spacial score (nSPS) is 11.4. The molecule has 0 bridgehead atoms. The number of esters is 1. The highest BCUT2D eigenvalue weighted by Gasteiger charge is 2.07. The maximum Gasteiger partial charge on any atom is 0.338 e. The SMILES string of the molecule is CCCCCCCCCCCCCCCOCCOCCOCCOCCOCCOCCOCCOCCOC(=O)c1ccc(NCCCC)cc1. The Balaban J connectivity index is 1.67. The Labute approximate surface area is 322 Å². The summed E-state index contributed by atoms with van der Waals surface area (Å²) >= 11 is 0. The third-order valence-corrected chi connectivity index (χ3v) is 8.44. The number of nitrogens with one attached hydrogen (secondary N) is 1. The predicted molar refractivity (Wildman–Crippen MR) is 212 cm³/mol. The molecule has 0 saturated carbocycles. The number of hydrogen-bond donors (Lipinski definition) is 1. The van der Waals surface area contributed by atoms with Crippen LogP contribution in [-0.4, -0.2) is 125 Å². The number of ether oxygens (including phenoxy) is 9. The van der Waals surface area contributed by atoms with Crippen LogP contribution in [0.4, 0.5) is 5.69 Å². The minimum atomic E-state index is -0.354. The van der Waals surface area contributed by atoms with Gasteiger partial charge in [-0.05, 0) is 37.1 Å². The van der Waals surface area contributed by atoms with Gasteiger partial charge in [-0.15, -0.1) is 0 Å². The zero-order chi connectivity index (χ0) is 38.0. The zero-order valence-electron chi connectivity index (χ0n) is 33.7. The largest absolute Gasteiger partial charge is 0.460 e. The van der Waals surface area contributed by atoms with Crippen LogP contribution in [-0.2, 0) is 42.6 Å². The smallest absolute Gasteiger partial charge is 0.338 e. The van der Waals surface area contributed by atoms with Crippen molar-refractivity contribution in [3.05, 3.63) is 29.8 Å². The van der Waals surface area contributed by atoms with Crippen LogP contribution >= 0.6 is 0 Å². The van der Waals surface area contributed by atoms with E-state index in [2.05, 4.69) is 19.2 Å². The maximum atomic E-state index is 12.1. The van der Waals surface area contributed by atoms with Crippen molar-refractivity contribution in [2.75, 3.05) is 124 Å². The fourth-order valence-electron chi connectivity index (χ4n) is 5.27. The lowest BCUT2D eigenvalue weighted by Crippen LogP contribution is -2.15. The van der Waals surface area contributed by atoms with Gasteiger partial charge in [-0.2, -0.15) is 0 Å². The summed E-state index contributed by atoms with van der Waals surface area (Å²) in [5, 5.41) is 3.32.